The van der Waals surface area contributed by atoms with Crippen molar-refractivity contribution in [3.8, 4) is 22.8 Å². The van der Waals surface area contributed by atoms with Gasteiger partial charge in [-0.2, -0.15) is 0 Å². The molecule has 4 aromatic carbocycles. The number of aryl methyl sites for hydroxylation is 2. The fraction of sp³-hybridized carbons (Fsp3) is 0.343. The van der Waals surface area contributed by atoms with Gasteiger partial charge in [-0.25, -0.2) is 4.57 Å². The molecule has 2 heteroatoms. The second-order valence-corrected chi connectivity index (χ2v) is 12.6. The van der Waals surface area contributed by atoms with Crippen LogP contribution in [0.4, 0.5) is 0 Å². The topological polar surface area (TPSA) is 13.1 Å². The van der Waals surface area contributed by atoms with Gasteiger partial charge in [0.2, 0.25) is 5.69 Å². The summed E-state index contributed by atoms with van der Waals surface area (Å²) in [6.45, 7) is 9.25. The molecule has 0 radical (unpaired) electrons. The first-order valence-electron chi connectivity index (χ1n) is 13.9. The highest BCUT2D eigenvalue weighted by Crippen LogP contribution is 2.53. The van der Waals surface area contributed by atoms with Gasteiger partial charge in [0.1, 0.15) is 18.5 Å². The highest BCUT2D eigenvalue weighted by Gasteiger charge is 2.34. The first kappa shape index (κ1) is 22.8. The zero-order valence-electron chi connectivity index (χ0n) is 22.7. The third-order valence-corrected chi connectivity index (χ3v) is 8.76. The lowest BCUT2D eigenvalue weighted by atomic mass is 9.81. The molecule has 37 heavy (non-hydrogen) atoms. The Labute approximate surface area is 219 Å². The summed E-state index contributed by atoms with van der Waals surface area (Å²) in [5.41, 5.74) is 6.81. The van der Waals surface area contributed by atoms with E-state index >= 15 is 0 Å². The molecular weight excluding hydrogens is 450 g/mol. The van der Waals surface area contributed by atoms with Gasteiger partial charge >= 0.3 is 0 Å². The Balaban J connectivity index is 1.61. The standard InChI is InChI=1S/C35H36NO/c1-21-23-13-8-9-14-25(23)29(20-35(2,3)4)34-31(21)33-32-27(17-18-36(33)5)26-16-10-15-24(22-11-6-7-12-22)28(26)19-30(32)37-34/h8-10,13-19,22H,6-7,11-12,20H2,1-5H3/q+1. The average Bonchev–Trinajstić information content (AvgIpc) is 3.41. The predicted molar refractivity (Wildman–Crippen MR) is 155 cm³/mol. The van der Waals surface area contributed by atoms with Gasteiger partial charge in [0, 0.05) is 17.0 Å². The van der Waals surface area contributed by atoms with E-state index in [2.05, 4.69) is 100 Å². The van der Waals surface area contributed by atoms with E-state index in [9.17, 15) is 0 Å². The van der Waals surface area contributed by atoms with E-state index in [4.69, 9.17) is 4.74 Å². The van der Waals surface area contributed by atoms with Crippen LogP contribution in [0.25, 0.3) is 43.6 Å². The van der Waals surface area contributed by atoms with E-state index in [0.717, 1.165) is 17.9 Å². The van der Waals surface area contributed by atoms with Gasteiger partial charge in [0.25, 0.3) is 0 Å². The lowest BCUT2D eigenvalue weighted by Crippen LogP contribution is -2.32. The highest BCUT2D eigenvalue weighted by atomic mass is 16.5. The van der Waals surface area contributed by atoms with Crippen molar-refractivity contribution < 1.29 is 9.30 Å². The number of ether oxygens (including phenoxy) is 1. The number of nitrogens with zero attached hydrogens (tertiary/aromatic N) is 1. The molecule has 0 N–H and O–H groups in total. The molecule has 0 atom stereocenters. The monoisotopic (exact) mass is 486 g/mol. The van der Waals surface area contributed by atoms with E-state index in [1.165, 1.54) is 85.9 Å². The zero-order valence-corrected chi connectivity index (χ0v) is 22.7. The van der Waals surface area contributed by atoms with Crippen molar-refractivity contribution in [2.75, 3.05) is 0 Å². The maximum absolute atomic E-state index is 7.08. The maximum atomic E-state index is 7.08. The molecule has 0 amide bonds. The van der Waals surface area contributed by atoms with Gasteiger partial charge in [-0.3, -0.25) is 0 Å². The lowest BCUT2D eigenvalue weighted by molar-refractivity contribution is -0.659. The Morgan fingerprint density at radius 2 is 1.59 bits per heavy atom. The highest BCUT2D eigenvalue weighted by molar-refractivity contribution is 6.16. The van der Waals surface area contributed by atoms with Crippen molar-refractivity contribution in [2.45, 2.75) is 65.7 Å². The molecule has 1 aliphatic heterocycles. The molecule has 2 heterocycles. The molecule has 1 aromatic heterocycles. The molecule has 0 bridgehead atoms. The van der Waals surface area contributed by atoms with Crippen LogP contribution >= 0.6 is 0 Å². The number of hydrogen-bond donors (Lipinski definition) is 0. The van der Waals surface area contributed by atoms with Crippen molar-refractivity contribution in [1.82, 2.24) is 0 Å². The normalized spacial score (nSPS) is 15.5. The van der Waals surface area contributed by atoms with Crippen LogP contribution in [0.15, 0.2) is 60.8 Å². The Morgan fingerprint density at radius 1 is 0.865 bits per heavy atom. The van der Waals surface area contributed by atoms with Gasteiger partial charge in [-0.1, -0.05) is 76.1 Å². The molecule has 7 rings (SSSR count). The summed E-state index contributed by atoms with van der Waals surface area (Å²) in [6, 6.07) is 20.5. The van der Waals surface area contributed by atoms with Crippen LogP contribution in [0, 0.1) is 12.3 Å². The Kier molecular flexibility index (Phi) is 4.96. The van der Waals surface area contributed by atoms with E-state index in [1.54, 1.807) is 0 Å². The third-order valence-electron chi connectivity index (χ3n) is 8.76. The van der Waals surface area contributed by atoms with Crippen LogP contribution in [-0.2, 0) is 13.5 Å². The smallest absolute Gasteiger partial charge is 0.228 e. The summed E-state index contributed by atoms with van der Waals surface area (Å²) in [4.78, 5) is 0. The summed E-state index contributed by atoms with van der Waals surface area (Å²) in [5, 5.41) is 7.92. The minimum atomic E-state index is 0.142. The number of rotatable bonds is 2. The van der Waals surface area contributed by atoms with Crippen LogP contribution in [0.5, 0.6) is 11.5 Å². The first-order valence-corrected chi connectivity index (χ1v) is 13.9. The summed E-state index contributed by atoms with van der Waals surface area (Å²) >= 11 is 0. The van der Waals surface area contributed by atoms with Crippen molar-refractivity contribution in [2.24, 2.45) is 12.5 Å². The van der Waals surface area contributed by atoms with E-state index in [-0.39, 0.29) is 5.41 Å². The van der Waals surface area contributed by atoms with Gasteiger partial charge in [-0.05, 0) is 76.3 Å². The van der Waals surface area contributed by atoms with Crippen molar-refractivity contribution in [1.29, 1.82) is 0 Å². The lowest BCUT2D eigenvalue weighted by Gasteiger charge is -2.28. The van der Waals surface area contributed by atoms with Crippen molar-refractivity contribution >= 4 is 32.3 Å². The van der Waals surface area contributed by atoms with Crippen LogP contribution < -0.4 is 9.30 Å². The van der Waals surface area contributed by atoms with Crippen molar-refractivity contribution in [3.05, 3.63) is 77.5 Å². The molecule has 5 aromatic rings. The van der Waals surface area contributed by atoms with Crippen LogP contribution in [0.2, 0.25) is 0 Å². The maximum Gasteiger partial charge on any atom is 0.228 e. The number of benzene rings is 4. The summed E-state index contributed by atoms with van der Waals surface area (Å²) in [6.07, 6.45) is 8.49. The largest absolute Gasteiger partial charge is 0.455 e. The molecule has 0 unspecified atom stereocenters. The molecule has 0 spiro atoms. The molecule has 0 saturated heterocycles. The molecule has 2 nitrogen and oxygen atoms in total. The Bertz CT molecular complexity index is 1730. The van der Waals surface area contributed by atoms with Crippen LogP contribution in [0.3, 0.4) is 0 Å². The van der Waals surface area contributed by atoms with E-state index in [0.29, 0.717) is 5.92 Å². The van der Waals surface area contributed by atoms with Gasteiger partial charge in [-0.15, -0.1) is 0 Å². The van der Waals surface area contributed by atoms with Gasteiger partial charge < -0.3 is 4.74 Å². The number of pyridine rings is 1. The average molecular weight is 487 g/mol. The Morgan fingerprint density at radius 3 is 2.35 bits per heavy atom. The number of fused-ring (bicyclic) bond motifs is 5. The number of hydrogen-bond acceptors (Lipinski definition) is 1. The fourth-order valence-electron chi connectivity index (χ4n) is 7.14. The SMILES string of the molecule is Cc1c2c(c(CC(C)(C)C)c3ccccc13)Oc1cc3c(C4CCCC4)cccc3c3cc[n+](C)c-2c13. The fourth-order valence-corrected chi connectivity index (χ4v) is 7.14. The summed E-state index contributed by atoms with van der Waals surface area (Å²) in [7, 11) is 2.19. The molecule has 1 fully saturated rings. The third kappa shape index (κ3) is 3.41. The van der Waals surface area contributed by atoms with E-state index < -0.39 is 0 Å². The molecule has 2 aliphatic rings. The molecule has 1 aliphatic carbocycles. The molecule has 186 valence electrons. The minimum Gasteiger partial charge on any atom is -0.455 e. The quantitative estimate of drug-likeness (QED) is 0.175. The van der Waals surface area contributed by atoms with Gasteiger partial charge in [0.15, 0.2) is 6.20 Å². The second kappa shape index (κ2) is 8.05. The predicted octanol–water partition coefficient (Wildman–Crippen LogP) is 9.30. The van der Waals surface area contributed by atoms with Crippen LogP contribution in [-0.4, -0.2) is 0 Å². The summed E-state index contributed by atoms with van der Waals surface area (Å²) in [5.74, 6) is 2.72. The second-order valence-electron chi connectivity index (χ2n) is 12.6. The number of aromatic nitrogens is 1. The minimum absolute atomic E-state index is 0.142. The zero-order chi connectivity index (χ0) is 25.5. The first-order chi connectivity index (χ1) is 17.8. The van der Waals surface area contributed by atoms with Crippen LogP contribution in [0.1, 0.15) is 69.1 Å². The summed E-state index contributed by atoms with van der Waals surface area (Å²) < 4.78 is 9.39. The van der Waals surface area contributed by atoms with Gasteiger partial charge in [0.05, 0.1) is 10.9 Å². The Hall–Kier alpha value is -3.39. The molecule has 1 saturated carbocycles. The van der Waals surface area contributed by atoms with E-state index in [1.807, 2.05) is 0 Å². The molecular formula is C35H36NO+. The van der Waals surface area contributed by atoms with Crippen molar-refractivity contribution in [3.63, 3.8) is 0 Å².